The Morgan fingerprint density at radius 1 is 1.11 bits per heavy atom. The number of quaternary nitrogens is 1. The zero-order valence-electron chi connectivity index (χ0n) is 12.2. The highest BCUT2D eigenvalue weighted by molar-refractivity contribution is 5.13. The zero-order chi connectivity index (χ0) is 13.0. The molecule has 1 aliphatic rings. The standard InChI is InChI=1S/C17H28N/c1-4-11-18(12-10-15(2)16(3)13-18)14-17-8-6-5-7-9-17/h5-9,15-16H,4,10-14H2,1-3H3/q+1. The van der Waals surface area contributed by atoms with Crippen molar-refractivity contribution in [1.82, 2.24) is 0 Å². The molecule has 0 saturated carbocycles. The summed E-state index contributed by atoms with van der Waals surface area (Å²) in [6.45, 7) is 12.5. The molecule has 1 heterocycles. The van der Waals surface area contributed by atoms with Crippen LogP contribution < -0.4 is 0 Å². The fourth-order valence-corrected chi connectivity index (χ4v) is 3.51. The van der Waals surface area contributed by atoms with Crippen LogP contribution in [0.15, 0.2) is 30.3 Å². The van der Waals surface area contributed by atoms with E-state index in [4.69, 9.17) is 0 Å². The summed E-state index contributed by atoms with van der Waals surface area (Å²) in [5, 5.41) is 0. The second kappa shape index (κ2) is 5.88. The molecule has 2 rings (SSSR count). The quantitative estimate of drug-likeness (QED) is 0.702. The van der Waals surface area contributed by atoms with Crippen molar-refractivity contribution in [2.24, 2.45) is 11.8 Å². The molecule has 0 radical (unpaired) electrons. The SMILES string of the molecule is CCC[N+]1(Cc2ccccc2)CCC(C)C(C)C1. The lowest BCUT2D eigenvalue weighted by Crippen LogP contribution is -2.55. The van der Waals surface area contributed by atoms with Crippen molar-refractivity contribution in [1.29, 1.82) is 0 Å². The second-order valence-corrected chi connectivity index (χ2v) is 6.36. The molecule has 0 amide bonds. The molecule has 100 valence electrons. The van der Waals surface area contributed by atoms with E-state index >= 15 is 0 Å². The molecule has 0 N–H and O–H groups in total. The molecule has 1 aromatic carbocycles. The fourth-order valence-electron chi connectivity index (χ4n) is 3.51. The first-order valence-electron chi connectivity index (χ1n) is 7.54. The molecule has 1 fully saturated rings. The number of hydrogen-bond donors (Lipinski definition) is 0. The Bertz CT molecular complexity index is 359. The predicted molar refractivity (Wildman–Crippen MR) is 78.2 cm³/mol. The number of hydrogen-bond acceptors (Lipinski definition) is 0. The number of rotatable bonds is 4. The molecule has 0 spiro atoms. The average Bonchev–Trinajstić information content (AvgIpc) is 2.36. The highest BCUT2D eigenvalue weighted by Crippen LogP contribution is 2.30. The Kier molecular flexibility index (Phi) is 4.45. The predicted octanol–water partition coefficient (Wildman–Crippen LogP) is 4.09. The smallest absolute Gasteiger partial charge is 0.104 e. The summed E-state index contributed by atoms with van der Waals surface area (Å²) in [6.07, 6.45) is 2.70. The van der Waals surface area contributed by atoms with Gasteiger partial charge in [-0.15, -0.1) is 0 Å². The van der Waals surface area contributed by atoms with Gasteiger partial charge in [-0.25, -0.2) is 0 Å². The summed E-state index contributed by atoms with van der Waals surface area (Å²) in [5.74, 6) is 1.78. The van der Waals surface area contributed by atoms with Crippen molar-refractivity contribution >= 4 is 0 Å². The van der Waals surface area contributed by atoms with Gasteiger partial charge in [0, 0.05) is 11.5 Å². The van der Waals surface area contributed by atoms with Gasteiger partial charge in [0.05, 0.1) is 19.6 Å². The van der Waals surface area contributed by atoms with E-state index in [0.717, 1.165) is 11.8 Å². The summed E-state index contributed by atoms with van der Waals surface area (Å²) in [7, 11) is 0. The van der Waals surface area contributed by atoms with Crippen LogP contribution in [0.2, 0.25) is 0 Å². The lowest BCUT2D eigenvalue weighted by atomic mass is 9.86. The minimum absolute atomic E-state index is 0.869. The second-order valence-electron chi connectivity index (χ2n) is 6.36. The summed E-state index contributed by atoms with van der Waals surface area (Å²) < 4.78 is 1.31. The maximum atomic E-state index is 2.44. The van der Waals surface area contributed by atoms with Crippen LogP contribution in [0.5, 0.6) is 0 Å². The van der Waals surface area contributed by atoms with Crippen LogP contribution in [0, 0.1) is 11.8 Å². The van der Waals surface area contributed by atoms with Crippen molar-refractivity contribution in [3.63, 3.8) is 0 Å². The monoisotopic (exact) mass is 246 g/mol. The van der Waals surface area contributed by atoms with Crippen molar-refractivity contribution in [3.8, 4) is 0 Å². The lowest BCUT2D eigenvalue weighted by molar-refractivity contribution is -0.949. The Hall–Kier alpha value is -0.820. The van der Waals surface area contributed by atoms with E-state index in [0.29, 0.717) is 0 Å². The van der Waals surface area contributed by atoms with Crippen molar-refractivity contribution in [2.45, 2.75) is 40.2 Å². The van der Waals surface area contributed by atoms with Crippen molar-refractivity contribution in [3.05, 3.63) is 35.9 Å². The average molecular weight is 246 g/mol. The Labute approximate surface area is 112 Å². The van der Waals surface area contributed by atoms with Crippen molar-refractivity contribution < 1.29 is 4.48 Å². The van der Waals surface area contributed by atoms with Gasteiger partial charge >= 0.3 is 0 Å². The maximum absolute atomic E-state index is 2.44. The van der Waals surface area contributed by atoms with E-state index in [1.165, 1.54) is 49.1 Å². The van der Waals surface area contributed by atoms with E-state index in [1.807, 2.05) is 0 Å². The largest absolute Gasteiger partial charge is 0.320 e. The minimum Gasteiger partial charge on any atom is -0.320 e. The highest BCUT2D eigenvalue weighted by atomic mass is 15.4. The topological polar surface area (TPSA) is 0 Å². The molecule has 1 aliphatic heterocycles. The van der Waals surface area contributed by atoms with Gasteiger partial charge in [-0.1, -0.05) is 51.1 Å². The molecule has 1 nitrogen and oxygen atoms in total. The Balaban J connectivity index is 2.12. The van der Waals surface area contributed by atoms with Gasteiger partial charge in [0.25, 0.3) is 0 Å². The molecule has 18 heavy (non-hydrogen) atoms. The van der Waals surface area contributed by atoms with Crippen LogP contribution in [0.3, 0.4) is 0 Å². The number of benzene rings is 1. The van der Waals surface area contributed by atoms with Crippen LogP contribution in [-0.2, 0) is 6.54 Å². The number of nitrogens with zero attached hydrogens (tertiary/aromatic N) is 1. The van der Waals surface area contributed by atoms with Gasteiger partial charge in [0.2, 0.25) is 0 Å². The van der Waals surface area contributed by atoms with Gasteiger partial charge in [-0.3, -0.25) is 0 Å². The van der Waals surface area contributed by atoms with Crippen LogP contribution in [-0.4, -0.2) is 24.1 Å². The van der Waals surface area contributed by atoms with Crippen molar-refractivity contribution in [2.75, 3.05) is 19.6 Å². The van der Waals surface area contributed by atoms with E-state index in [-0.39, 0.29) is 0 Å². The van der Waals surface area contributed by atoms with Crippen LogP contribution in [0.4, 0.5) is 0 Å². The normalized spacial score (nSPS) is 32.4. The highest BCUT2D eigenvalue weighted by Gasteiger charge is 2.35. The van der Waals surface area contributed by atoms with Crippen LogP contribution in [0.1, 0.15) is 39.2 Å². The molecular formula is C17H28N+. The summed E-state index contributed by atoms with van der Waals surface area (Å²) >= 11 is 0. The van der Waals surface area contributed by atoms with Crippen LogP contribution in [0.25, 0.3) is 0 Å². The van der Waals surface area contributed by atoms with Gasteiger partial charge < -0.3 is 4.48 Å². The molecule has 0 aliphatic carbocycles. The molecular weight excluding hydrogens is 218 g/mol. The number of likely N-dealkylation sites (tertiary alicyclic amines) is 1. The molecule has 1 heteroatoms. The van der Waals surface area contributed by atoms with E-state index in [9.17, 15) is 0 Å². The molecule has 0 aromatic heterocycles. The minimum atomic E-state index is 0.869. The zero-order valence-corrected chi connectivity index (χ0v) is 12.2. The molecule has 1 saturated heterocycles. The van der Waals surface area contributed by atoms with E-state index in [1.54, 1.807) is 0 Å². The van der Waals surface area contributed by atoms with E-state index < -0.39 is 0 Å². The van der Waals surface area contributed by atoms with Gasteiger partial charge in [-0.2, -0.15) is 0 Å². The summed E-state index contributed by atoms with van der Waals surface area (Å²) in [6, 6.07) is 11.0. The first-order chi connectivity index (χ1) is 8.65. The third kappa shape index (κ3) is 3.14. The van der Waals surface area contributed by atoms with Gasteiger partial charge in [0.1, 0.15) is 6.54 Å². The molecule has 3 atom stereocenters. The number of piperidine rings is 1. The van der Waals surface area contributed by atoms with Gasteiger partial charge in [0.15, 0.2) is 0 Å². The molecule has 3 unspecified atom stereocenters. The van der Waals surface area contributed by atoms with Gasteiger partial charge in [-0.05, 0) is 18.8 Å². The van der Waals surface area contributed by atoms with Crippen LogP contribution >= 0.6 is 0 Å². The molecule has 1 aromatic rings. The van der Waals surface area contributed by atoms with E-state index in [2.05, 4.69) is 51.1 Å². The Morgan fingerprint density at radius 2 is 1.83 bits per heavy atom. The fraction of sp³-hybridized carbons (Fsp3) is 0.647. The Morgan fingerprint density at radius 3 is 2.44 bits per heavy atom. The third-order valence-electron chi connectivity index (χ3n) is 4.76. The first kappa shape index (κ1) is 13.6. The third-order valence-corrected chi connectivity index (χ3v) is 4.76. The maximum Gasteiger partial charge on any atom is 0.104 e. The molecule has 0 bridgehead atoms. The summed E-state index contributed by atoms with van der Waals surface area (Å²) in [5.41, 5.74) is 1.51. The summed E-state index contributed by atoms with van der Waals surface area (Å²) in [4.78, 5) is 0. The first-order valence-corrected chi connectivity index (χ1v) is 7.54. The lowest BCUT2D eigenvalue weighted by Gasteiger charge is -2.46.